The summed E-state index contributed by atoms with van der Waals surface area (Å²) in [6, 6.07) is 13.5. The highest BCUT2D eigenvalue weighted by molar-refractivity contribution is 5.92. The molecule has 0 unspecified atom stereocenters. The van der Waals surface area contributed by atoms with Gasteiger partial charge in [0.1, 0.15) is 5.82 Å². The molecule has 5 nitrogen and oxygen atoms in total. The van der Waals surface area contributed by atoms with E-state index < -0.39 is 0 Å². The van der Waals surface area contributed by atoms with Crippen LogP contribution in [0.1, 0.15) is 29.9 Å². The van der Waals surface area contributed by atoms with Crippen molar-refractivity contribution in [1.29, 1.82) is 0 Å². The lowest BCUT2D eigenvalue weighted by Gasteiger charge is -2.26. The quantitative estimate of drug-likeness (QED) is 0.916. The summed E-state index contributed by atoms with van der Waals surface area (Å²) in [6.45, 7) is 4.55. The fourth-order valence-corrected chi connectivity index (χ4v) is 2.00. The monoisotopic (exact) mass is 284 g/mol. The van der Waals surface area contributed by atoms with Crippen LogP contribution in [0.25, 0.3) is 0 Å². The van der Waals surface area contributed by atoms with E-state index in [4.69, 9.17) is 0 Å². The van der Waals surface area contributed by atoms with Gasteiger partial charge in [-0.25, -0.2) is 0 Å². The third kappa shape index (κ3) is 3.78. The normalized spacial score (nSPS) is 10.5. The highest BCUT2D eigenvalue weighted by Crippen LogP contribution is 2.12. The number of benzene rings is 1. The Morgan fingerprint density at radius 1 is 1.14 bits per heavy atom. The molecule has 0 aliphatic carbocycles. The maximum atomic E-state index is 12.6. The van der Waals surface area contributed by atoms with E-state index in [9.17, 15) is 4.79 Å². The van der Waals surface area contributed by atoms with Crippen LogP contribution in [0.2, 0.25) is 0 Å². The first-order valence-electron chi connectivity index (χ1n) is 6.98. The number of nitrogens with zero attached hydrogens (tertiary/aromatic N) is 3. The molecule has 0 spiro atoms. The first-order chi connectivity index (χ1) is 10.1. The van der Waals surface area contributed by atoms with Gasteiger partial charge in [-0.1, -0.05) is 30.3 Å². The number of aromatic nitrogens is 2. The molecule has 0 bridgehead atoms. The fraction of sp³-hybridized carbons (Fsp3) is 0.312. The Labute approximate surface area is 125 Å². The molecule has 0 atom stereocenters. The third-order valence-corrected chi connectivity index (χ3v) is 3.22. The molecule has 21 heavy (non-hydrogen) atoms. The summed E-state index contributed by atoms with van der Waals surface area (Å²) in [5.41, 5.74) is 1.46. The second-order valence-electron chi connectivity index (χ2n) is 5.07. The van der Waals surface area contributed by atoms with Crippen LogP contribution >= 0.6 is 0 Å². The predicted octanol–water partition coefficient (Wildman–Crippen LogP) is 2.57. The van der Waals surface area contributed by atoms with Gasteiger partial charge in [-0.05, 0) is 31.5 Å². The molecule has 1 amide bonds. The zero-order valence-electron chi connectivity index (χ0n) is 12.6. The van der Waals surface area contributed by atoms with Crippen molar-refractivity contribution in [2.24, 2.45) is 0 Å². The van der Waals surface area contributed by atoms with Gasteiger partial charge in [-0.3, -0.25) is 4.79 Å². The highest BCUT2D eigenvalue weighted by Gasteiger charge is 2.20. The largest absolute Gasteiger partial charge is 0.372 e. The molecule has 0 fully saturated rings. The van der Waals surface area contributed by atoms with Crippen molar-refractivity contribution in [3.63, 3.8) is 0 Å². The van der Waals surface area contributed by atoms with E-state index in [0.29, 0.717) is 18.1 Å². The Morgan fingerprint density at radius 3 is 2.38 bits per heavy atom. The smallest absolute Gasteiger partial charge is 0.274 e. The molecule has 0 aliphatic heterocycles. The fourth-order valence-electron chi connectivity index (χ4n) is 2.00. The van der Waals surface area contributed by atoms with Gasteiger partial charge >= 0.3 is 0 Å². The summed E-state index contributed by atoms with van der Waals surface area (Å²) in [7, 11) is 1.77. The van der Waals surface area contributed by atoms with Gasteiger partial charge in [0.25, 0.3) is 5.91 Å². The molecule has 1 heterocycles. The Balaban J connectivity index is 2.18. The SMILES string of the molecule is CNc1ccc(C(=O)N(Cc2ccccc2)C(C)C)nn1. The average molecular weight is 284 g/mol. The Kier molecular flexibility index (Phi) is 4.87. The second kappa shape index (κ2) is 6.83. The highest BCUT2D eigenvalue weighted by atomic mass is 16.2. The molecule has 1 aromatic carbocycles. The van der Waals surface area contributed by atoms with E-state index in [1.54, 1.807) is 24.1 Å². The Morgan fingerprint density at radius 2 is 1.86 bits per heavy atom. The lowest BCUT2D eigenvalue weighted by Crippen LogP contribution is -2.37. The second-order valence-corrected chi connectivity index (χ2v) is 5.07. The Bertz CT molecular complexity index is 581. The molecule has 2 aromatic rings. The van der Waals surface area contributed by atoms with E-state index >= 15 is 0 Å². The number of rotatable bonds is 5. The molecule has 1 aromatic heterocycles. The van der Waals surface area contributed by atoms with Crippen LogP contribution in [0.5, 0.6) is 0 Å². The van der Waals surface area contributed by atoms with Crippen molar-refractivity contribution < 1.29 is 4.79 Å². The third-order valence-electron chi connectivity index (χ3n) is 3.22. The number of carbonyl (C=O) groups is 1. The first-order valence-corrected chi connectivity index (χ1v) is 6.98. The zero-order chi connectivity index (χ0) is 15.2. The van der Waals surface area contributed by atoms with Crippen LogP contribution in [0.4, 0.5) is 5.82 Å². The predicted molar refractivity (Wildman–Crippen MR) is 83.0 cm³/mol. The molecular formula is C16H20N4O. The molecule has 110 valence electrons. The molecule has 5 heteroatoms. The summed E-state index contributed by atoms with van der Waals surface area (Å²) in [4.78, 5) is 14.4. The first kappa shape index (κ1) is 15.0. The lowest BCUT2D eigenvalue weighted by molar-refractivity contribution is 0.0683. The van der Waals surface area contributed by atoms with Crippen molar-refractivity contribution in [1.82, 2.24) is 15.1 Å². The van der Waals surface area contributed by atoms with E-state index in [0.717, 1.165) is 5.56 Å². The molecule has 0 radical (unpaired) electrons. The van der Waals surface area contributed by atoms with E-state index in [1.807, 2.05) is 44.2 Å². The number of hydrogen-bond acceptors (Lipinski definition) is 4. The number of carbonyl (C=O) groups excluding carboxylic acids is 1. The van der Waals surface area contributed by atoms with Crippen molar-refractivity contribution >= 4 is 11.7 Å². The van der Waals surface area contributed by atoms with Crippen LogP contribution in [0, 0.1) is 0 Å². The Hall–Kier alpha value is -2.43. The minimum absolute atomic E-state index is 0.0866. The van der Waals surface area contributed by atoms with Gasteiger partial charge < -0.3 is 10.2 Å². The van der Waals surface area contributed by atoms with E-state index in [2.05, 4.69) is 15.5 Å². The summed E-state index contributed by atoms with van der Waals surface area (Å²) >= 11 is 0. The van der Waals surface area contributed by atoms with Gasteiger partial charge in [-0.15, -0.1) is 10.2 Å². The van der Waals surface area contributed by atoms with E-state index in [-0.39, 0.29) is 11.9 Å². The summed E-state index contributed by atoms with van der Waals surface area (Å²) in [5, 5.41) is 10.8. The van der Waals surface area contributed by atoms with E-state index in [1.165, 1.54) is 0 Å². The number of nitrogens with one attached hydrogen (secondary N) is 1. The van der Waals surface area contributed by atoms with Crippen LogP contribution in [0.15, 0.2) is 42.5 Å². The van der Waals surface area contributed by atoms with Crippen molar-refractivity contribution in [2.45, 2.75) is 26.4 Å². The number of anilines is 1. The van der Waals surface area contributed by atoms with Crippen molar-refractivity contribution in [2.75, 3.05) is 12.4 Å². The van der Waals surface area contributed by atoms with Crippen LogP contribution in [-0.2, 0) is 6.54 Å². The zero-order valence-corrected chi connectivity index (χ0v) is 12.6. The maximum absolute atomic E-state index is 12.6. The molecular weight excluding hydrogens is 264 g/mol. The molecule has 0 saturated heterocycles. The van der Waals surface area contributed by atoms with Gasteiger partial charge in [0.2, 0.25) is 0 Å². The topological polar surface area (TPSA) is 58.1 Å². The van der Waals surface area contributed by atoms with Crippen LogP contribution in [-0.4, -0.2) is 34.1 Å². The van der Waals surface area contributed by atoms with Gasteiger partial charge in [-0.2, -0.15) is 0 Å². The average Bonchev–Trinajstić information content (AvgIpc) is 2.53. The van der Waals surface area contributed by atoms with Crippen LogP contribution < -0.4 is 5.32 Å². The molecule has 0 aliphatic rings. The molecule has 1 N–H and O–H groups in total. The minimum Gasteiger partial charge on any atom is -0.372 e. The summed E-state index contributed by atoms with van der Waals surface area (Å²) in [6.07, 6.45) is 0. The molecule has 0 saturated carbocycles. The summed E-state index contributed by atoms with van der Waals surface area (Å²) < 4.78 is 0. The number of amides is 1. The van der Waals surface area contributed by atoms with Gasteiger partial charge in [0.05, 0.1) is 0 Å². The molecule has 2 rings (SSSR count). The van der Waals surface area contributed by atoms with Crippen LogP contribution in [0.3, 0.4) is 0 Å². The van der Waals surface area contributed by atoms with Crippen molar-refractivity contribution in [3.8, 4) is 0 Å². The van der Waals surface area contributed by atoms with Gasteiger partial charge in [0.15, 0.2) is 5.69 Å². The lowest BCUT2D eigenvalue weighted by atomic mass is 10.1. The number of hydrogen-bond donors (Lipinski definition) is 1. The van der Waals surface area contributed by atoms with Crippen molar-refractivity contribution in [3.05, 3.63) is 53.7 Å². The minimum atomic E-state index is -0.107. The van der Waals surface area contributed by atoms with Gasteiger partial charge in [0, 0.05) is 19.6 Å². The maximum Gasteiger partial charge on any atom is 0.274 e. The standard InChI is InChI=1S/C16H20N4O/c1-12(2)20(11-13-7-5-4-6-8-13)16(21)14-9-10-15(17-3)19-18-14/h4-10,12H,11H2,1-3H3,(H,17,19). The summed E-state index contributed by atoms with van der Waals surface area (Å²) in [5.74, 6) is 0.537.